The molecule has 0 aliphatic carbocycles. The summed E-state index contributed by atoms with van der Waals surface area (Å²) in [6, 6.07) is 15.9. The summed E-state index contributed by atoms with van der Waals surface area (Å²) in [5.41, 5.74) is 2.91. The average molecular weight is 817 g/mol. The van der Waals surface area contributed by atoms with Crippen LogP contribution in [0.5, 0.6) is 5.75 Å². The van der Waals surface area contributed by atoms with Gasteiger partial charge in [0.25, 0.3) is 0 Å². The molecule has 0 radical (unpaired) electrons. The molecule has 10 heteroatoms. The van der Waals surface area contributed by atoms with Crippen molar-refractivity contribution in [3.8, 4) is 5.75 Å². The fourth-order valence-electron chi connectivity index (χ4n) is 6.98. The van der Waals surface area contributed by atoms with Crippen LogP contribution >= 0.6 is 0 Å². The van der Waals surface area contributed by atoms with E-state index in [0.29, 0.717) is 38.8 Å². The zero-order valence-corrected chi connectivity index (χ0v) is 35.4. The first-order valence-corrected chi connectivity index (χ1v) is 21.8. The highest BCUT2D eigenvalue weighted by Gasteiger charge is 2.48. The molecule has 59 heavy (non-hydrogen) atoms. The molecule has 0 unspecified atom stereocenters. The van der Waals surface area contributed by atoms with Gasteiger partial charge in [0.2, 0.25) is 0 Å². The third kappa shape index (κ3) is 19.1. The second kappa shape index (κ2) is 29.1. The number of rotatable bonds is 32. The van der Waals surface area contributed by atoms with Gasteiger partial charge >= 0.3 is 11.9 Å². The van der Waals surface area contributed by atoms with E-state index in [2.05, 4.69) is 37.4 Å². The molecule has 0 bridgehead atoms. The summed E-state index contributed by atoms with van der Waals surface area (Å²) in [7, 11) is 1.74. The van der Waals surface area contributed by atoms with E-state index in [4.69, 9.17) is 37.9 Å². The SMILES string of the molecule is C=CC(=O)OCCCCCCCCCCOc1ccc(/C=C/C(=O)O[C@@H]2CO[C@H]3[C@@H]2OC[C@@H]3C=Cc2ccc(C(=C)OCCCCCOCCCCCOC)cc2)cc1. The Morgan fingerprint density at radius 3 is 1.88 bits per heavy atom. The van der Waals surface area contributed by atoms with Crippen molar-refractivity contribution in [2.45, 2.75) is 108 Å². The monoisotopic (exact) mass is 816 g/mol. The summed E-state index contributed by atoms with van der Waals surface area (Å²) in [4.78, 5) is 23.7. The molecule has 0 N–H and O–H groups in total. The molecule has 0 spiro atoms. The number of methoxy groups -OCH3 is 1. The van der Waals surface area contributed by atoms with Crippen molar-refractivity contribution in [1.29, 1.82) is 0 Å². The molecule has 4 atom stereocenters. The molecule has 2 saturated heterocycles. The topological polar surface area (TPSA) is 108 Å². The zero-order chi connectivity index (χ0) is 41.8. The standard InChI is InChI=1S/C49H68O10/c1-4-46(50)56-36-17-10-8-6-5-7-9-16-35-55-44-28-22-41(23-29-44)24-30-47(51)59-45-38-58-48-43(37-57-49(45)48)27-21-40-19-25-42(26-20-40)39(2)54-34-18-12-15-33-53-32-14-11-13-31-52-3/h4,19-30,43,45,48-49H,1-2,5-18,31-38H2,3H3/b27-21?,30-24+/t43-,45+,48+,49+/m0/s1. The highest BCUT2D eigenvalue weighted by atomic mass is 16.6. The predicted molar refractivity (Wildman–Crippen MR) is 233 cm³/mol. The van der Waals surface area contributed by atoms with E-state index < -0.39 is 12.1 Å². The third-order valence-electron chi connectivity index (χ3n) is 10.4. The summed E-state index contributed by atoms with van der Waals surface area (Å²) >= 11 is 0. The Morgan fingerprint density at radius 1 is 0.644 bits per heavy atom. The second-order valence-electron chi connectivity index (χ2n) is 15.2. The van der Waals surface area contributed by atoms with Crippen molar-refractivity contribution >= 4 is 29.8 Å². The molecule has 0 saturated carbocycles. The minimum atomic E-state index is -0.452. The lowest BCUT2D eigenvalue weighted by atomic mass is 9.99. The number of carbonyl (C=O) groups is 2. The normalized spacial score (nSPS) is 18.6. The Hall–Kier alpha value is -4.22. The van der Waals surface area contributed by atoms with Gasteiger partial charge in [-0.15, -0.1) is 0 Å². The predicted octanol–water partition coefficient (Wildman–Crippen LogP) is 9.96. The van der Waals surface area contributed by atoms with Crippen LogP contribution in [0.15, 0.2) is 79.9 Å². The highest BCUT2D eigenvalue weighted by Crippen LogP contribution is 2.34. The minimum absolute atomic E-state index is 0.0635. The van der Waals surface area contributed by atoms with Crippen LogP contribution in [0.25, 0.3) is 17.9 Å². The number of ether oxygens (including phenoxy) is 8. The Kier molecular flexibility index (Phi) is 23.4. The largest absolute Gasteiger partial charge is 0.494 e. The average Bonchev–Trinajstić information content (AvgIpc) is 3.85. The van der Waals surface area contributed by atoms with Gasteiger partial charge in [0.05, 0.1) is 39.1 Å². The van der Waals surface area contributed by atoms with Crippen molar-refractivity contribution < 1.29 is 47.5 Å². The Morgan fingerprint density at radius 2 is 1.20 bits per heavy atom. The van der Waals surface area contributed by atoms with Crippen LogP contribution in [0.2, 0.25) is 0 Å². The van der Waals surface area contributed by atoms with Crippen molar-refractivity contribution in [3.05, 3.63) is 96.6 Å². The first kappa shape index (κ1) is 47.5. The first-order valence-electron chi connectivity index (χ1n) is 21.8. The Labute approximate surface area is 352 Å². The van der Waals surface area contributed by atoms with Crippen LogP contribution in [0.4, 0.5) is 0 Å². The van der Waals surface area contributed by atoms with Crippen molar-refractivity contribution in [1.82, 2.24) is 0 Å². The van der Waals surface area contributed by atoms with E-state index in [1.54, 1.807) is 13.2 Å². The fourth-order valence-corrected chi connectivity index (χ4v) is 6.98. The second-order valence-corrected chi connectivity index (χ2v) is 15.2. The molecule has 10 nitrogen and oxygen atoms in total. The van der Waals surface area contributed by atoms with Gasteiger partial charge in [-0.2, -0.15) is 0 Å². The number of benzene rings is 2. The van der Waals surface area contributed by atoms with E-state index in [0.717, 1.165) is 113 Å². The van der Waals surface area contributed by atoms with Gasteiger partial charge in [0.1, 0.15) is 17.6 Å². The van der Waals surface area contributed by atoms with Crippen LogP contribution in [-0.2, 0) is 42.7 Å². The van der Waals surface area contributed by atoms with Crippen molar-refractivity contribution in [3.63, 3.8) is 0 Å². The lowest BCUT2D eigenvalue weighted by Gasteiger charge is -2.15. The molecule has 324 valence electrons. The molecular formula is C49H68O10. The van der Waals surface area contributed by atoms with Gasteiger partial charge in [-0.05, 0) is 80.7 Å². The Bertz CT molecular complexity index is 1550. The van der Waals surface area contributed by atoms with Crippen molar-refractivity contribution in [2.75, 3.05) is 60.0 Å². The number of carbonyl (C=O) groups excluding carboxylic acids is 2. The van der Waals surface area contributed by atoms with Crippen LogP contribution in [0.3, 0.4) is 0 Å². The molecule has 2 heterocycles. The number of hydrogen-bond acceptors (Lipinski definition) is 10. The highest BCUT2D eigenvalue weighted by molar-refractivity contribution is 5.87. The summed E-state index contributed by atoms with van der Waals surface area (Å²) in [6.07, 6.45) is 22.9. The summed E-state index contributed by atoms with van der Waals surface area (Å²) in [5.74, 6) is 0.781. The maximum Gasteiger partial charge on any atom is 0.331 e. The van der Waals surface area contributed by atoms with Crippen LogP contribution in [0, 0.1) is 5.92 Å². The van der Waals surface area contributed by atoms with Gasteiger partial charge in [-0.1, -0.05) is 100 Å². The molecule has 2 aromatic rings. The van der Waals surface area contributed by atoms with E-state index in [1.165, 1.54) is 31.4 Å². The van der Waals surface area contributed by atoms with Gasteiger partial charge in [-0.25, -0.2) is 9.59 Å². The summed E-state index contributed by atoms with van der Waals surface area (Å²) in [5, 5.41) is 0. The molecule has 2 aliphatic rings. The molecule has 0 aromatic heterocycles. The fraction of sp³-hybridized carbons (Fsp3) is 0.551. The zero-order valence-electron chi connectivity index (χ0n) is 35.4. The summed E-state index contributed by atoms with van der Waals surface area (Å²) in [6.45, 7) is 12.6. The van der Waals surface area contributed by atoms with Crippen LogP contribution in [-0.4, -0.2) is 90.2 Å². The number of unbranched alkanes of at least 4 members (excludes halogenated alkanes) is 11. The molecule has 2 aliphatic heterocycles. The van der Waals surface area contributed by atoms with Crippen molar-refractivity contribution in [2.24, 2.45) is 5.92 Å². The van der Waals surface area contributed by atoms with Gasteiger partial charge in [-0.3, -0.25) is 0 Å². The first-order chi connectivity index (χ1) is 29.0. The number of fused-ring (bicyclic) bond motifs is 1. The van der Waals surface area contributed by atoms with E-state index in [-0.39, 0.29) is 24.1 Å². The lowest BCUT2D eigenvalue weighted by molar-refractivity contribution is -0.147. The molecule has 2 fully saturated rings. The number of esters is 2. The third-order valence-corrected chi connectivity index (χ3v) is 10.4. The quantitative estimate of drug-likeness (QED) is 0.0307. The smallest absolute Gasteiger partial charge is 0.331 e. The van der Waals surface area contributed by atoms with Gasteiger partial charge in [0.15, 0.2) is 6.10 Å². The number of hydrogen-bond donors (Lipinski definition) is 0. The van der Waals surface area contributed by atoms with Crippen LogP contribution in [0.1, 0.15) is 107 Å². The van der Waals surface area contributed by atoms with Crippen LogP contribution < -0.4 is 4.74 Å². The maximum absolute atomic E-state index is 12.7. The van der Waals surface area contributed by atoms with E-state index >= 15 is 0 Å². The minimum Gasteiger partial charge on any atom is -0.494 e. The van der Waals surface area contributed by atoms with E-state index in [9.17, 15) is 9.59 Å². The van der Waals surface area contributed by atoms with Gasteiger partial charge < -0.3 is 37.9 Å². The van der Waals surface area contributed by atoms with Gasteiger partial charge in [0, 0.05) is 50.6 Å². The summed E-state index contributed by atoms with van der Waals surface area (Å²) < 4.78 is 45.5. The maximum atomic E-state index is 12.7. The molecule has 0 amide bonds. The van der Waals surface area contributed by atoms with E-state index in [1.807, 2.05) is 36.4 Å². The molecular weight excluding hydrogens is 749 g/mol. The molecule has 2 aromatic carbocycles. The molecule has 4 rings (SSSR count). The lowest BCUT2D eigenvalue weighted by Crippen LogP contribution is -2.32. The Balaban J connectivity index is 1.04.